The van der Waals surface area contributed by atoms with Crippen LogP contribution in [0.5, 0.6) is 0 Å². The number of hydrogen-bond donors (Lipinski definition) is 1. The summed E-state index contributed by atoms with van der Waals surface area (Å²) in [4.78, 5) is 12.7. The van der Waals surface area contributed by atoms with Gasteiger partial charge >= 0.3 is 0 Å². The number of rotatable bonds is 5. The molecule has 0 fully saturated rings. The fourth-order valence-electron chi connectivity index (χ4n) is 3.38. The second-order valence-corrected chi connectivity index (χ2v) is 7.78. The predicted molar refractivity (Wildman–Crippen MR) is 126 cm³/mol. The highest BCUT2D eigenvalue weighted by Gasteiger charge is 2.13. The fourth-order valence-corrected chi connectivity index (χ4v) is 3.68. The summed E-state index contributed by atoms with van der Waals surface area (Å²) in [6, 6.07) is 24.8. The lowest BCUT2D eigenvalue weighted by Gasteiger charge is -2.05. The summed E-state index contributed by atoms with van der Waals surface area (Å²) in [6.07, 6.45) is 3.57. The minimum absolute atomic E-state index is 0.00585. The maximum Gasteiger partial charge on any atom is 0.266 e. The third-order valence-corrected chi connectivity index (χ3v) is 5.60. The summed E-state index contributed by atoms with van der Waals surface area (Å²) >= 11 is 11.9. The number of halogens is 2. The molecule has 0 unspecified atom stereocenters. The molecule has 1 heterocycles. The molecule has 1 N–H and O–H groups in total. The van der Waals surface area contributed by atoms with E-state index in [2.05, 4.69) is 22.0 Å². The molecule has 0 spiro atoms. The van der Waals surface area contributed by atoms with Crippen molar-refractivity contribution in [3.05, 3.63) is 106 Å². The van der Waals surface area contributed by atoms with Crippen molar-refractivity contribution in [2.24, 2.45) is 0 Å². The van der Waals surface area contributed by atoms with E-state index in [0.29, 0.717) is 22.3 Å². The Bertz CT molecular complexity index is 1330. The summed E-state index contributed by atoms with van der Waals surface area (Å²) < 4.78 is 2.11. The van der Waals surface area contributed by atoms with E-state index in [1.165, 1.54) is 0 Å². The number of nitrogens with one attached hydrogen (secondary N) is 1. The lowest BCUT2D eigenvalue weighted by Crippen LogP contribution is -2.13. The molecule has 0 bridgehead atoms. The van der Waals surface area contributed by atoms with Crippen LogP contribution in [0.4, 0.5) is 5.69 Å². The number of aromatic nitrogens is 1. The molecule has 3 aromatic carbocycles. The number of nitrogens with zero attached hydrogens (tertiary/aromatic N) is 2. The van der Waals surface area contributed by atoms with Crippen LogP contribution in [0, 0.1) is 11.3 Å². The van der Waals surface area contributed by atoms with Crippen LogP contribution in [0.15, 0.2) is 84.6 Å². The standard InChI is InChI=1S/C25H17Cl2N3O/c26-22-11-10-20(13-23(22)27)29-25(31)18(14-28)12-19-16-30(15-17-6-2-1-3-7-17)24-9-5-4-8-21(19)24/h1-13,16H,15H2,(H,29,31)/b18-12+. The molecule has 0 aliphatic rings. The minimum atomic E-state index is -0.513. The highest BCUT2D eigenvalue weighted by atomic mass is 35.5. The Balaban J connectivity index is 1.67. The van der Waals surface area contributed by atoms with Gasteiger partial charge in [0.15, 0.2) is 0 Å². The van der Waals surface area contributed by atoms with E-state index in [9.17, 15) is 10.1 Å². The van der Waals surface area contributed by atoms with Crippen LogP contribution in [0.2, 0.25) is 10.0 Å². The third-order valence-electron chi connectivity index (χ3n) is 4.86. The van der Waals surface area contributed by atoms with Crippen LogP contribution >= 0.6 is 23.2 Å². The van der Waals surface area contributed by atoms with Crippen molar-refractivity contribution in [2.45, 2.75) is 6.54 Å². The average molecular weight is 446 g/mol. The van der Waals surface area contributed by atoms with Crippen LogP contribution in [0.3, 0.4) is 0 Å². The average Bonchev–Trinajstić information content (AvgIpc) is 3.12. The van der Waals surface area contributed by atoms with Gasteiger partial charge in [0, 0.05) is 34.9 Å². The van der Waals surface area contributed by atoms with E-state index in [0.717, 1.165) is 22.0 Å². The van der Waals surface area contributed by atoms with Crippen molar-refractivity contribution in [1.29, 1.82) is 5.26 Å². The molecule has 0 saturated carbocycles. The zero-order valence-electron chi connectivity index (χ0n) is 16.3. The van der Waals surface area contributed by atoms with Gasteiger partial charge in [0.05, 0.1) is 10.0 Å². The molecular formula is C25H17Cl2N3O. The van der Waals surface area contributed by atoms with Gasteiger partial charge in [0.2, 0.25) is 0 Å². The summed E-state index contributed by atoms with van der Waals surface area (Å²) in [5.74, 6) is -0.513. The molecule has 1 amide bonds. The van der Waals surface area contributed by atoms with Gasteiger partial charge in [-0.2, -0.15) is 5.26 Å². The summed E-state index contributed by atoms with van der Waals surface area (Å²) in [7, 11) is 0. The van der Waals surface area contributed by atoms with E-state index in [1.54, 1.807) is 24.3 Å². The van der Waals surface area contributed by atoms with E-state index >= 15 is 0 Å². The molecule has 4 aromatic rings. The first-order valence-corrected chi connectivity index (χ1v) is 10.3. The number of amides is 1. The van der Waals surface area contributed by atoms with Gasteiger partial charge < -0.3 is 9.88 Å². The van der Waals surface area contributed by atoms with Crippen molar-refractivity contribution < 1.29 is 4.79 Å². The Labute approximate surface area is 189 Å². The van der Waals surface area contributed by atoms with Gasteiger partial charge in [0.25, 0.3) is 5.91 Å². The van der Waals surface area contributed by atoms with Crippen LogP contribution in [0.25, 0.3) is 17.0 Å². The van der Waals surface area contributed by atoms with Gasteiger partial charge in [-0.3, -0.25) is 4.79 Å². The van der Waals surface area contributed by atoms with Gasteiger partial charge in [0.1, 0.15) is 11.6 Å². The first-order valence-electron chi connectivity index (χ1n) is 9.55. The lowest BCUT2D eigenvalue weighted by atomic mass is 10.1. The van der Waals surface area contributed by atoms with E-state index in [-0.39, 0.29) is 5.57 Å². The first kappa shape index (κ1) is 20.7. The number of benzene rings is 3. The van der Waals surface area contributed by atoms with Crippen molar-refractivity contribution >= 4 is 51.8 Å². The van der Waals surface area contributed by atoms with Crippen molar-refractivity contribution in [2.75, 3.05) is 5.32 Å². The second kappa shape index (κ2) is 9.09. The molecule has 152 valence electrons. The zero-order chi connectivity index (χ0) is 21.8. The Hall–Kier alpha value is -3.52. The van der Waals surface area contributed by atoms with E-state index < -0.39 is 5.91 Å². The highest BCUT2D eigenvalue weighted by Crippen LogP contribution is 2.27. The van der Waals surface area contributed by atoms with Gasteiger partial charge in [-0.15, -0.1) is 0 Å². The maximum atomic E-state index is 12.7. The van der Waals surface area contributed by atoms with Gasteiger partial charge in [-0.05, 0) is 35.9 Å². The Morgan fingerprint density at radius 2 is 1.74 bits per heavy atom. The van der Waals surface area contributed by atoms with Gasteiger partial charge in [-0.1, -0.05) is 71.7 Å². The molecule has 4 rings (SSSR count). The van der Waals surface area contributed by atoms with Crippen LogP contribution < -0.4 is 5.32 Å². The van der Waals surface area contributed by atoms with E-state index in [1.807, 2.05) is 54.7 Å². The Morgan fingerprint density at radius 1 is 1.00 bits per heavy atom. The van der Waals surface area contributed by atoms with Crippen LogP contribution in [0.1, 0.15) is 11.1 Å². The quantitative estimate of drug-likeness (QED) is 0.280. The van der Waals surface area contributed by atoms with Gasteiger partial charge in [-0.25, -0.2) is 0 Å². The highest BCUT2D eigenvalue weighted by molar-refractivity contribution is 6.42. The third kappa shape index (κ3) is 4.64. The molecule has 0 saturated heterocycles. The largest absolute Gasteiger partial charge is 0.342 e. The molecule has 0 aliphatic carbocycles. The predicted octanol–water partition coefficient (Wildman–Crippen LogP) is 6.54. The number of para-hydroxylation sites is 1. The van der Waals surface area contributed by atoms with Crippen molar-refractivity contribution in [3.8, 4) is 6.07 Å². The van der Waals surface area contributed by atoms with Crippen molar-refractivity contribution in [3.63, 3.8) is 0 Å². The summed E-state index contributed by atoms with van der Waals surface area (Å²) in [5.41, 5.74) is 3.45. The number of carbonyl (C=O) groups is 1. The molecule has 0 aliphatic heterocycles. The van der Waals surface area contributed by atoms with Crippen LogP contribution in [-0.2, 0) is 11.3 Å². The topological polar surface area (TPSA) is 57.8 Å². The second-order valence-electron chi connectivity index (χ2n) is 6.97. The molecule has 31 heavy (non-hydrogen) atoms. The summed E-state index contributed by atoms with van der Waals surface area (Å²) in [6.45, 7) is 0.687. The zero-order valence-corrected chi connectivity index (χ0v) is 17.9. The van der Waals surface area contributed by atoms with E-state index in [4.69, 9.17) is 23.2 Å². The monoisotopic (exact) mass is 445 g/mol. The minimum Gasteiger partial charge on any atom is -0.342 e. The molecular weight excluding hydrogens is 429 g/mol. The number of fused-ring (bicyclic) bond motifs is 1. The molecule has 0 radical (unpaired) electrons. The molecule has 4 nitrogen and oxygen atoms in total. The maximum absolute atomic E-state index is 12.7. The Morgan fingerprint density at radius 3 is 2.48 bits per heavy atom. The normalized spacial score (nSPS) is 11.3. The van der Waals surface area contributed by atoms with Crippen molar-refractivity contribution in [1.82, 2.24) is 4.57 Å². The lowest BCUT2D eigenvalue weighted by molar-refractivity contribution is -0.112. The molecule has 1 aromatic heterocycles. The SMILES string of the molecule is N#C/C(=C\c1cn(Cc2ccccc2)c2ccccc12)C(=O)Nc1ccc(Cl)c(Cl)c1. The number of carbonyl (C=O) groups excluding carboxylic acids is 1. The number of anilines is 1. The number of hydrogen-bond acceptors (Lipinski definition) is 2. The fraction of sp³-hybridized carbons (Fsp3) is 0.0400. The Kier molecular flexibility index (Phi) is 6.08. The van der Waals surface area contributed by atoms with Crippen LogP contribution in [-0.4, -0.2) is 10.5 Å². The number of nitriles is 1. The smallest absolute Gasteiger partial charge is 0.266 e. The first-order chi connectivity index (χ1) is 15.0. The molecule has 6 heteroatoms. The summed E-state index contributed by atoms with van der Waals surface area (Å²) in [5, 5.41) is 14.0. The molecule has 0 atom stereocenters.